The maximum atomic E-state index is 12.9. The molecule has 1 saturated heterocycles. The van der Waals surface area contributed by atoms with E-state index in [1.54, 1.807) is 6.26 Å². The molecule has 26 heavy (non-hydrogen) atoms. The van der Waals surface area contributed by atoms with Gasteiger partial charge in [-0.15, -0.1) is 0 Å². The third kappa shape index (κ3) is 3.12. The van der Waals surface area contributed by atoms with Gasteiger partial charge in [-0.25, -0.2) is 4.98 Å². The first-order valence-electron chi connectivity index (χ1n) is 8.94. The Hall–Kier alpha value is -2.27. The van der Waals surface area contributed by atoms with Crippen molar-refractivity contribution < 1.29 is 9.21 Å². The Morgan fingerprint density at radius 3 is 3.04 bits per heavy atom. The number of likely N-dealkylation sites (tertiary alicyclic amines) is 1. The molecule has 5 nitrogen and oxygen atoms in total. The maximum absolute atomic E-state index is 12.9. The highest BCUT2D eigenvalue weighted by Gasteiger charge is 2.27. The number of hydrogen-bond donors (Lipinski definition) is 0. The zero-order valence-electron chi connectivity index (χ0n) is 15.0. The first kappa shape index (κ1) is 17.2. The molecule has 0 unspecified atom stereocenters. The summed E-state index contributed by atoms with van der Waals surface area (Å²) in [7, 11) is 2.01. The lowest BCUT2D eigenvalue weighted by atomic mass is 9.96. The number of imidazole rings is 1. The van der Waals surface area contributed by atoms with Crippen LogP contribution in [-0.2, 0) is 18.3 Å². The van der Waals surface area contributed by atoms with Crippen LogP contribution in [0.5, 0.6) is 0 Å². The predicted octanol–water partition coefficient (Wildman–Crippen LogP) is 4.08. The smallest absolute Gasteiger partial charge is 0.227 e. The van der Waals surface area contributed by atoms with Crippen LogP contribution in [0.3, 0.4) is 0 Å². The molecule has 0 bridgehead atoms. The van der Waals surface area contributed by atoms with E-state index in [1.807, 2.05) is 48.0 Å². The molecule has 3 aromatic rings. The van der Waals surface area contributed by atoms with E-state index < -0.39 is 0 Å². The first-order valence-corrected chi connectivity index (χ1v) is 9.32. The number of piperidine rings is 1. The van der Waals surface area contributed by atoms with Crippen LogP contribution in [0.1, 0.15) is 35.7 Å². The zero-order valence-corrected chi connectivity index (χ0v) is 15.8. The summed E-state index contributed by atoms with van der Waals surface area (Å²) >= 11 is 6.25. The van der Waals surface area contributed by atoms with Crippen LogP contribution in [0.2, 0.25) is 5.02 Å². The summed E-state index contributed by atoms with van der Waals surface area (Å²) in [5, 5.41) is 1.62. The highest BCUT2D eigenvalue weighted by Crippen LogP contribution is 2.29. The molecule has 1 aromatic carbocycles. The lowest BCUT2D eigenvalue weighted by molar-refractivity contribution is -0.131. The number of carbonyl (C=O) groups is 1. The molecule has 0 saturated carbocycles. The Kier molecular flexibility index (Phi) is 4.49. The van der Waals surface area contributed by atoms with Crippen molar-refractivity contribution in [3.63, 3.8) is 0 Å². The van der Waals surface area contributed by atoms with Crippen LogP contribution in [0, 0.1) is 6.92 Å². The van der Waals surface area contributed by atoms with Crippen molar-refractivity contribution in [1.29, 1.82) is 0 Å². The number of furan rings is 1. The van der Waals surface area contributed by atoms with Crippen molar-refractivity contribution in [2.75, 3.05) is 13.1 Å². The molecule has 2 aromatic heterocycles. The highest BCUT2D eigenvalue weighted by atomic mass is 35.5. The number of halogens is 1. The van der Waals surface area contributed by atoms with Gasteiger partial charge in [-0.3, -0.25) is 4.79 Å². The Labute approximate surface area is 157 Å². The summed E-state index contributed by atoms with van der Waals surface area (Å²) in [6, 6.07) is 3.81. The minimum absolute atomic E-state index is 0.128. The van der Waals surface area contributed by atoms with E-state index in [0.717, 1.165) is 53.9 Å². The van der Waals surface area contributed by atoms with E-state index in [4.69, 9.17) is 16.0 Å². The molecule has 1 amide bonds. The van der Waals surface area contributed by atoms with Gasteiger partial charge < -0.3 is 13.9 Å². The topological polar surface area (TPSA) is 51.3 Å². The minimum atomic E-state index is 0.128. The summed E-state index contributed by atoms with van der Waals surface area (Å²) in [6.45, 7) is 3.47. The molecule has 3 heterocycles. The van der Waals surface area contributed by atoms with Gasteiger partial charge in [0.25, 0.3) is 0 Å². The maximum Gasteiger partial charge on any atom is 0.227 e. The van der Waals surface area contributed by atoms with Crippen LogP contribution in [0.15, 0.2) is 35.2 Å². The molecule has 0 radical (unpaired) electrons. The average molecular weight is 372 g/mol. The van der Waals surface area contributed by atoms with Crippen molar-refractivity contribution in [3.8, 4) is 0 Å². The lowest BCUT2D eigenvalue weighted by Crippen LogP contribution is -2.40. The van der Waals surface area contributed by atoms with E-state index in [2.05, 4.69) is 4.98 Å². The Morgan fingerprint density at radius 2 is 2.27 bits per heavy atom. The first-order chi connectivity index (χ1) is 12.5. The second kappa shape index (κ2) is 6.80. The summed E-state index contributed by atoms with van der Waals surface area (Å²) < 4.78 is 7.67. The minimum Gasteiger partial charge on any atom is -0.464 e. The van der Waals surface area contributed by atoms with Crippen molar-refractivity contribution >= 4 is 28.5 Å². The van der Waals surface area contributed by atoms with Crippen molar-refractivity contribution in [3.05, 3.63) is 52.8 Å². The summed E-state index contributed by atoms with van der Waals surface area (Å²) in [6.07, 6.45) is 7.86. The van der Waals surface area contributed by atoms with Crippen molar-refractivity contribution in [1.82, 2.24) is 14.5 Å². The van der Waals surface area contributed by atoms with Gasteiger partial charge in [-0.1, -0.05) is 11.6 Å². The molecular weight excluding hydrogens is 350 g/mol. The number of aryl methyl sites for hydroxylation is 2. The van der Waals surface area contributed by atoms with Gasteiger partial charge in [0.15, 0.2) is 0 Å². The fraction of sp³-hybridized carbons (Fsp3) is 0.400. The quantitative estimate of drug-likeness (QED) is 0.697. The molecule has 6 heteroatoms. The third-order valence-corrected chi connectivity index (χ3v) is 5.68. The number of aromatic nitrogens is 2. The van der Waals surface area contributed by atoms with Crippen LogP contribution in [-0.4, -0.2) is 33.4 Å². The van der Waals surface area contributed by atoms with Gasteiger partial charge in [0.2, 0.25) is 5.91 Å². The fourth-order valence-corrected chi connectivity index (χ4v) is 3.96. The molecule has 1 atom stereocenters. The Bertz CT molecular complexity index is 959. The fourth-order valence-electron chi connectivity index (χ4n) is 3.80. The van der Waals surface area contributed by atoms with Gasteiger partial charge in [0.1, 0.15) is 11.4 Å². The van der Waals surface area contributed by atoms with E-state index >= 15 is 0 Å². The molecule has 1 aliphatic rings. The number of hydrogen-bond acceptors (Lipinski definition) is 3. The number of rotatable bonds is 3. The molecular formula is C20H22ClN3O2. The number of carbonyl (C=O) groups excluding carboxylic acids is 1. The second-order valence-electron chi connectivity index (χ2n) is 7.11. The summed E-state index contributed by atoms with van der Waals surface area (Å²) in [5.41, 5.74) is 2.64. The largest absolute Gasteiger partial charge is 0.464 e. The summed E-state index contributed by atoms with van der Waals surface area (Å²) in [4.78, 5) is 19.3. The van der Waals surface area contributed by atoms with Crippen LogP contribution in [0.4, 0.5) is 0 Å². The lowest BCUT2D eigenvalue weighted by Gasteiger charge is -2.32. The highest BCUT2D eigenvalue weighted by molar-refractivity contribution is 6.32. The molecule has 0 spiro atoms. The van der Waals surface area contributed by atoms with Crippen LogP contribution >= 0.6 is 11.6 Å². The van der Waals surface area contributed by atoms with Crippen LogP contribution < -0.4 is 0 Å². The number of benzene rings is 1. The van der Waals surface area contributed by atoms with Gasteiger partial charge in [0, 0.05) is 54.4 Å². The molecule has 1 aliphatic heterocycles. The predicted molar refractivity (Wildman–Crippen MR) is 101 cm³/mol. The Morgan fingerprint density at radius 1 is 1.42 bits per heavy atom. The second-order valence-corrected chi connectivity index (χ2v) is 7.52. The number of nitrogens with zero attached hydrogens (tertiary/aromatic N) is 3. The van der Waals surface area contributed by atoms with Gasteiger partial charge >= 0.3 is 0 Å². The summed E-state index contributed by atoms with van der Waals surface area (Å²) in [5.74, 6) is 1.48. The van der Waals surface area contributed by atoms with E-state index in [0.29, 0.717) is 17.4 Å². The van der Waals surface area contributed by atoms with E-state index in [-0.39, 0.29) is 5.91 Å². The van der Waals surface area contributed by atoms with Gasteiger partial charge in [-0.2, -0.15) is 0 Å². The van der Waals surface area contributed by atoms with E-state index in [9.17, 15) is 4.79 Å². The van der Waals surface area contributed by atoms with E-state index in [1.165, 1.54) is 0 Å². The van der Waals surface area contributed by atoms with Crippen molar-refractivity contribution in [2.24, 2.45) is 7.05 Å². The number of amides is 1. The molecule has 0 aliphatic carbocycles. The van der Waals surface area contributed by atoms with Gasteiger partial charge in [-0.05, 0) is 37.5 Å². The third-order valence-electron chi connectivity index (χ3n) is 5.27. The van der Waals surface area contributed by atoms with Crippen LogP contribution in [0.25, 0.3) is 11.0 Å². The Balaban J connectivity index is 1.51. The SMILES string of the molecule is Cc1cc2occ(CC(=O)N3CCC[C@@H](c4nccn4C)C3)c2cc1Cl. The molecule has 136 valence electrons. The molecule has 4 rings (SSSR count). The normalized spacial score (nSPS) is 17.8. The molecule has 1 fully saturated rings. The monoisotopic (exact) mass is 371 g/mol. The van der Waals surface area contributed by atoms with Gasteiger partial charge in [0.05, 0.1) is 12.7 Å². The standard InChI is InChI=1S/C20H22ClN3O2/c1-13-8-18-16(10-17(13)21)15(12-26-18)9-19(25)24-6-3-4-14(11-24)20-22-5-7-23(20)2/h5,7-8,10,12,14H,3-4,6,9,11H2,1-2H3/t14-/m1/s1. The zero-order chi connectivity index (χ0) is 18.3. The molecule has 0 N–H and O–H groups in total. The average Bonchev–Trinajstić information content (AvgIpc) is 3.22. The number of fused-ring (bicyclic) bond motifs is 1. The van der Waals surface area contributed by atoms with Crippen molar-refractivity contribution in [2.45, 2.75) is 32.1 Å².